The fourth-order valence-electron chi connectivity index (χ4n) is 2.98. The van der Waals surface area contributed by atoms with Gasteiger partial charge in [0, 0.05) is 30.4 Å². The maximum Gasteiger partial charge on any atom is 0.0944 e. The summed E-state index contributed by atoms with van der Waals surface area (Å²) in [6.45, 7) is 12.5. The Balaban J connectivity index is 1.97. The predicted octanol–water partition coefficient (Wildman–Crippen LogP) is 3.56. The van der Waals surface area contributed by atoms with Gasteiger partial charge >= 0.3 is 0 Å². The van der Waals surface area contributed by atoms with E-state index in [0.29, 0.717) is 5.92 Å². The zero-order valence-electron chi connectivity index (χ0n) is 13.4. The van der Waals surface area contributed by atoms with E-state index in [4.69, 9.17) is 10.7 Å². The van der Waals surface area contributed by atoms with Crippen LogP contribution in [0.25, 0.3) is 0 Å². The topological polar surface area (TPSA) is 42.2 Å². The van der Waals surface area contributed by atoms with E-state index in [1.54, 1.807) is 0 Å². The molecule has 1 aliphatic rings. The second kappa shape index (κ2) is 7.01. The first-order valence-corrected chi connectivity index (χ1v) is 8.76. The van der Waals surface area contributed by atoms with Crippen LogP contribution in [-0.2, 0) is 6.42 Å². The van der Waals surface area contributed by atoms with Gasteiger partial charge in [0.15, 0.2) is 0 Å². The smallest absolute Gasteiger partial charge is 0.0944 e. The zero-order valence-corrected chi connectivity index (χ0v) is 14.2. The number of piperidine rings is 1. The third-order valence-corrected chi connectivity index (χ3v) is 5.40. The summed E-state index contributed by atoms with van der Waals surface area (Å²) in [5, 5.41) is 1.26. The Morgan fingerprint density at radius 3 is 2.70 bits per heavy atom. The van der Waals surface area contributed by atoms with Gasteiger partial charge in [-0.3, -0.25) is 0 Å². The summed E-state index contributed by atoms with van der Waals surface area (Å²) in [6, 6.07) is 0.105. The molecular formula is C16H29N3S. The van der Waals surface area contributed by atoms with Crippen molar-refractivity contribution < 1.29 is 0 Å². The molecule has 20 heavy (non-hydrogen) atoms. The highest BCUT2D eigenvalue weighted by Crippen LogP contribution is 2.29. The molecular weight excluding hydrogens is 266 g/mol. The van der Waals surface area contributed by atoms with Crippen LogP contribution in [0.1, 0.15) is 68.1 Å². The van der Waals surface area contributed by atoms with Crippen molar-refractivity contribution in [3.63, 3.8) is 0 Å². The van der Waals surface area contributed by atoms with E-state index in [2.05, 4.69) is 32.6 Å². The molecule has 3 nitrogen and oxygen atoms in total. The summed E-state index contributed by atoms with van der Waals surface area (Å²) in [7, 11) is 0. The molecule has 1 saturated heterocycles. The molecule has 1 aromatic heterocycles. The highest BCUT2D eigenvalue weighted by atomic mass is 32.1. The minimum atomic E-state index is 0.105. The summed E-state index contributed by atoms with van der Waals surface area (Å²) in [6.07, 6.45) is 3.81. The lowest BCUT2D eigenvalue weighted by molar-refractivity contribution is 0.186. The number of hydrogen-bond acceptors (Lipinski definition) is 4. The first kappa shape index (κ1) is 15.9. The van der Waals surface area contributed by atoms with Crippen LogP contribution in [0.3, 0.4) is 0 Å². The van der Waals surface area contributed by atoms with E-state index in [0.717, 1.165) is 18.9 Å². The number of aromatic nitrogens is 1. The summed E-state index contributed by atoms with van der Waals surface area (Å²) >= 11 is 1.82. The summed E-state index contributed by atoms with van der Waals surface area (Å²) in [5.74, 6) is 1.32. The minimum absolute atomic E-state index is 0.105. The van der Waals surface area contributed by atoms with Crippen molar-refractivity contribution in [3.8, 4) is 0 Å². The number of rotatable bonds is 5. The lowest BCUT2D eigenvalue weighted by Gasteiger charge is -2.30. The predicted molar refractivity (Wildman–Crippen MR) is 87.3 cm³/mol. The molecule has 2 rings (SSSR count). The lowest BCUT2D eigenvalue weighted by atomic mass is 10.0. The van der Waals surface area contributed by atoms with Gasteiger partial charge in [-0.1, -0.05) is 20.8 Å². The van der Waals surface area contributed by atoms with E-state index >= 15 is 0 Å². The maximum absolute atomic E-state index is 6.08. The molecule has 0 aromatic carbocycles. The van der Waals surface area contributed by atoms with Gasteiger partial charge in [0.2, 0.25) is 0 Å². The van der Waals surface area contributed by atoms with Crippen LogP contribution in [0.5, 0.6) is 0 Å². The van der Waals surface area contributed by atoms with Crippen molar-refractivity contribution in [1.82, 2.24) is 9.88 Å². The quantitative estimate of drug-likeness (QED) is 0.903. The largest absolute Gasteiger partial charge is 0.323 e. The van der Waals surface area contributed by atoms with Gasteiger partial charge < -0.3 is 10.6 Å². The molecule has 2 heterocycles. The Hall–Kier alpha value is -0.450. The average molecular weight is 295 g/mol. The Morgan fingerprint density at radius 1 is 1.40 bits per heavy atom. The molecule has 1 fully saturated rings. The highest BCUT2D eigenvalue weighted by molar-refractivity contribution is 7.11. The summed E-state index contributed by atoms with van der Waals surface area (Å²) in [5.41, 5.74) is 7.30. The van der Waals surface area contributed by atoms with Crippen molar-refractivity contribution in [2.24, 2.45) is 11.7 Å². The summed E-state index contributed by atoms with van der Waals surface area (Å²) in [4.78, 5) is 8.72. The monoisotopic (exact) mass is 295 g/mol. The third kappa shape index (κ3) is 4.03. The first-order valence-electron chi connectivity index (χ1n) is 7.94. The lowest BCUT2D eigenvalue weighted by Crippen LogP contribution is -2.35. The number of thiazole rings is 1. The Kier molecular flexibility index (Phi) is 5.58. The van der Waals surface area contributed by atoms with Crippen molar-refractivity contribution >= 4 is 11.3 Å². The Labute approximate surface area is 127 Å². The van der Waals surface area contributed by atoms with Crippen molar-refractivity contribution in [2.75, 3.05) is 19.6 Å². The van der Waals surface area contributed by atoms with Crippen LogP contribution in [0.4, 0.5) is 0 Å². The molecule has 0 spiro atoms. The zero-order chi connectivity index (χ0) is 14.7. The molecule has 1 aliphatic heterocycles. The van der Waals surface area contributed by atoms with Crippen LogP contribution < -0.4 is 5.73 Å². The normalized spacial score (nSPS) is 22.4. The Bertz CT molecular complexity index is 400. The van der Waals surface area contributed by atoms with Crippen molar-refractivity contribution in [3.05, 3.63) is 15.6 Å². The van der Waals surface area contributed by atoms with Gasteiger partial charge in [-0.2, -0.15) is 0 Å². The van der Waals surface area contributed by atoms with E-state index in [1.165, 1.54) is 41.5 Å². The standard InChI is InChI=1S/C16H29N3S/c1-11(2)15-16(13(4)17)20-14(18-15)7-9-19-8-5-6-12(3)10-19/h11-13H,5-10,17H2,1-4H3. The molecule has 2 unspecified atom stereocenters. The fourth-order valence-corrected chi connectivity index (χ4v) is 4.14. The van der Waals surface area contributed by atoms with E-state index in [-0.39, 0.29) is 6.04 Å². The Morgan fingerprint density at radius 2 is 2.15 bits per heavy atom. The van der Waals surface area contributed by atoms with Crippen LogP contribution in [0.15, 0.2) is 0 Å². The molecule has 0 saturated carbocycles. The van der Waals surface area contributed by atoms with Gasteiger partial charge in [-0.05, 0) is 38.1 Å². The van der Waals surface area contributed by atoms with E-state index in [9.17, 15) is 0 Å². The molecule has 0 amide bonds. The molecule has 0 radical (unpaired) electrons. The number of nitrogens with two attached hydrogens (primary N) is 1. The van der Waals surface area contributed by atoms with E-state index < -0.39 is 0 Å². The molecule has 0 aliphatic carbocycles. The first-order chi connectivity index (χ1) is 9.47. The highest BCUT2D eigenvalue weighted by Gasteiger charge is 2.19. The van der Waals surface area contributed by atoms with Crippen molar-refractivity contribution in [2.45, 2.75) is 58.9 Å². The van der Waals surface area contributed by atoms with E-state index in [1.807, 2.05) is 11.3 Å². The molecule has 0 bridgehead atoms. The average Bonchev–Trinajstić information content (AvgIpc) is 2.81. The summed E-state index contributed by atoms with van der Waals surface area (Å²) < 4.78 is 0. The van der Waals surface area contributed by atoms with Gasteiger partial charge in [0.05, 0.1) is 10.7 Å². The van der Waals surface area contributed by atoms with Crippen LogP contribution in [-0.4, -0.2) is 29.5 Å². The molecule has 2 N–H and O–H groups in total. The molecule has 4 heteroatoms. The van der Waals surface area contributed by atoms with Gasteiger partial charge in [-0.25, -0.2) is 4.98 Å². The second-order valence-electron chi connectivity index (χ2n) is 6.60. The van der Waals surface area contributed by atoms with Gasteiger partial charge in [-0.15, -0.1) is 11.3 Å². The molecule has 1 aromatic rings. The maximum atomic E-state index is 6.08. The number of hydrogen-bond donors (Lipinski definition) is 1. The van der Waals surface area contributed by atoms with Crippen LogP contribution in [0.2, 0.25) is 0 Å². The van der Waals surface area contributed by atoms with Crippen LogP contribution >= 0.6 is 11.3 Å². The van der Waals surface area contributed by atoms with Crippen molar-refractivity contribution in [1.29, 1.82) is 0 Å². The second-order valence-corrected chi connectivity index (χ2v) is 7.71. The SMILES string of the molecule is CC1CCCN(CCc2nc(C(C)C)c(C(C)N)s2)C1. The van der Waals surface area contributed by atoms with Gasteiger partial charge in [0.1, 0.15) is 0 Å². The van der Waals surface area contributed by atoms with Gasteiger partial charge in [0.25, 0.3) is 0 Å². The molecule has 2 atom stereocenters. The van der Waals surface area contributed by atoms with Crippen LogP contribution in [0, 0.1) is 5.92 Å². The number of likely N-dealkylation sites (tertiary alicyclic amines) is 1. The molecule has 114 valence electrons. The minimum Gasteiger partial charge on any atom is -0.323 e. The fraction of sp³-hybridized carbons (Fsp3) is 0.812. The number of nitrogens with zero attached hydrogens (tertiary/aromatic N) is 2. The third-order valence-electron chi connectivity index (χ3n) is 4.07.